The van der Waals surface area contributed by atoms with Gasteiger partial charge in [-0.25, -0.2) is 9.78 Å². The van der Waals surface area contributed by atoms with E-state index < -0.39 is 0 Å². The van der Waals surface area contributed by atoms with Gasteiger partial charge < -0.3 is 10.1 Å². The van der Waals surface area contributed by atoms with Gasteiger partial charge in [0.1, 0.15) is 0 Å². The van der Waals surface area contributed by atoms with Gasteiger partial charge in [0.15, 0.2) is 10.8 Å². The van der Waals surface area contributed by atoms with Gasteiger partial charge in [-0.15, -0.1) is 11.3 Å². The minimum Gasteiger partial charge on any atom is -0.461 e. The molecule has 7 heteroatoms. The lowest BCUT2D eigenvalue weighted by molar-refractivity contribution is 0.0519. The van der Waals surface area contributed by atoms with Gasteiger partial charge >= 0.3 is 5.97 Å². The predicted octanol–water partition coefficient (Wildman–Crippen LogP) is 5.21. The van der Waals surface area contributed by atoms with Crippen LogP contribution in [0.4, 0.5) is 10.8 Å². The second-order valence-corrected chi connectivity index (χ2v) is 7.28. The summed E-state index contributed by atoms with van der Waals surface area (Å²) in [5, 5.41) is 3.89. The first-order valence-electron chi connectivity index (χ1n) is 6.29. The molecule has 2 aromatic rings. The first-order valence-corrected chi connectivity index (χ1v) is 8.69. The molecule has 0 amide bonds. The zero-order chi connectivity index (χ0) is 15.6. The van der Waals surface area contributed by atoms with E-state index in [0.717, 1.165) is 25.1 Å². The highest BCUT2D eigenvalue weighted by molar-refractivity contribution is 9.11. The van der Waals surface area contributed by atoms with Gasteiger partial charge in [-0.3, -0.25) is 0 Å². The van der Waals surface area contributed by atoms with Crippen LogP contribution in [0.25, 0.3) is 0 Å². The average Bonchev–Trinajstić information content (AvgIpc) is 2.75. The largest absolute Gasteiger partial charge is 0.461 e. The molecule has 2 rings (SSSR count). The first-order chi connectivity index (χ1) is 9.92. The van der Waals surface area contributed by atoms with Gasteiger partial charge in [0.2, 0.25) is 0 Å². The maximum Gasteiger partial charge on any atom is 0.358 e. The van der Waals surface area contributed by atoms with Crippen LogP contribution in [-0.4, -0.2) is 17.6 Å². The van der Waals surface area contributed by atoms with Crippen molar-refractivity contribution in [3.8, 4) is 0 Å². The molecule has 0 aliphatic rings. The molecule has 1 N–H and O–H groups in total. The molecule has 21 heavy (non-hydrogen) atoms. The van der Waals surface area contributed by atoms with Gasteiger partial charge in [-0.05, 0) is 70.3 Å². The van der Waals surface area contributed by atoms with Crippen LogP contribution in [0.2, 0.25) is 0 Å². The highest BCUT2D eigenvalue weighted by Gasteiger charge is 2.17. The van der Waals surface area contributed by atoms with Crippen LogP contribution in [0.5, 0.6) is 0 Å². The highest BCUT2D eigenvalue weighted by atomic mass is 79.9. The average molecular weight is 434 g/mol. The summed E-state index contributed by atoms with van der Waals surface area (Å²) in [4.78, 5) is 16.9. The Labute approximate surface area is 144 Å². The maximum absolute atomic E-state index is 11.8. The summed E-state index contributed by atoms with van der Waals surface area (Å²) in [5.41, 5.74) is 2.38. The van der Waals surface area contributed by atoms with Crippen molar-refractivity contribution in [3.63, 3.8) is 0 Å². The van der Waals surface area contributed by atoms with Crippen LogP contribution in [0.3, 0.4) is 0 Å². The Morgan fingerprint density at radius 1 is 1.33 bits per heavy atom. The van der Waals surface area contributed by atoms with Gasteiger partial charge in [-0.2, -0.15) is 0 Å². The first kappa shape index (κ1) is 16.5. The third-order valence-corrected chi connectivity index (χ3v) is 4.82. The third-order valence-electron chi connectivity index (χ3n) is 2.68. The number of esters is 1. The van der Waals surface area contributed by atoms with Gasteiger partial charge in [0.05, 0.1) is 12.3 Å². The Kier molecular flexibility index (Phi) is 5.40. The van der Waals surface area contributed by atoms with E-state index in [2.05, 4.69) is 42.2 Å². The molecule has 0 saturated heterocycles. The molecule has 1 heterocycles. The predicted molar refractivity (Wildman–Crippen MR) is 92.7 cm³/mol. The van der Waals surface area contributed by atoms with Crippen LogP contribution in [-0.2, 0) is 4.74 Å². The van der Waals surface area contributed by atoms with Gasteiger partial charge in [0.25, 0.3) is 0 Å². The zero-order valence-corrected chi connectivity index (χ0v) is 15.8. The van der Waals surface area contributed by atoms with Gasteiger partial charge in [0, 0.05) is 13.8 Å². The van der Waals surface area contributed by atoms with Crippen LogP contribution in [0.15, 0.2) is 21.1 Å². The lowest BCUT2D eigenvalue weighted by atomic mass is 10.2. The number of hydrogen-bond acceptors (Lipinski definition) is 5. The van der Waals surface area contributed by atoms with Crippen molar-refractivity contribution in [1.29, 1.82) is 0 Å². The topological polar surface area (TPSA) is 51.2 Å². The van der Waals surface area contributed by atoms with Crippen molar-refractivity contribution < 1.29 is 9.53 Å². The second kappa shape index (κ2) is 6.89. The van der Waals surface area contributed by atoms with Crippen LogP contribution in [0.1, 0.15) is 27.9 Å². The number of carbonyl (C=O) groups excluding carboxylic acids is 1. The number of thiazole rings is 1. The molecule has 112 valence electrons. The number of ether oxygens (including phenoxy) is 1. The van der Waals surface area contributed by atoms with E-state index in [0.29, 0.717) is 17.4 Å². The van der Waals surface area contributed by atoms with Crippen molar-refractivity contribution >= 4 is 60.0 Å². The molecule has 1 aromatic carbocycles. The number of aryl methyl sites for hydroxylation is 2. The van der Waals surface area contributed by atoms with E-state index in [-0.39, 0.29) is 5.97 Å². The fraction of sp³-hybridized carbons (Fsp3) is 0.286. The lowest BCUT2D eigenvalue weighted by Crippen LogP contribution is -2.06. The minimum atomic E-state index is -0.388. The summed E-state index contributed by atoms with van der Waals surface area (Å²) in [6.45, 7) is 5.99. The van der Waals surface area contributed by atoms with Crippen molar-refractivity contribution in [2.24, 2.45) is 0 Å². The highest BCUT2D eigenvalue weighted by Crippen LogP contribution is 2.36. The minimum absolute atomic E-state index is 0.341. The number of aromatic nitrogens is 1. The second-order valence-electron chi connectivity index (χ2n) is 4.37. The molecule has 0 radical (unpaired) electrons. The molecule has 0 aliphatic heterocycles. The van der Waals surface area contributed by atoms with Gasteiger partial charge in [-0.1, -0.05) is 0 Å². The van der Waals surface area contributed by atoms with E-state index in [1.807, 2.05) is 26.0 Å². The number of halogens is 2. The van der Waals surface area contributed by atoms with Crippen molar-refractivity contribution in [1.82, 2.24) is 4.98 Å². The lowest BCUT2D eigenvalue weighted by Gasteiger charge is -2.09. The van der Waals surface area contributed by atoms with E-state index in [1.54, 1.807) is 6.92 Å². The third kappa shape index (κ3) is 3.84. The van der Waals surface area contributed by atoms with Crippen LogP contribution in [0, 0.1) is 13.8 Å². The smallest absolute Gasteiger partial charge is 0.358 e. The normalized spacial score (nSPS) is 10.5. The van der Waals surface area contributed by atoms with Crippen molar-refractivity contribution in [3.05, 3.63) is 37.2 Å². The summed E-state index contributed by atoms with van der Waals surface area (Å²) >= 11 is 8.47. The summed E-state index contributed by atoms with van der Waals surface area (Å²) in [6, 6.07) is 4.03. The Bertz CT molecular complexity index is 663. The number of nitrogens with one attached hydrogen (secondary N) is 1. The Balaban J connectivity index is 2.29. The van der Waals surface area contributed by atoms with E-state index in [4.69, 9.17) is 4.74 Å². The standard InChI is InChI=1S/C14H14Br2N2O2S/c1-4-20-13(19)11-8(3)21-14(17-11)18-12-9(15)5-7(2)6-10(12)16/h5-6H,4H2,1-3H3,(H,17,18). The van der Waals surface area contributed by atoms with Crippen molar-refractivity contribution in [2.45, 2.75) is 20.8 Å². The molecule has 0 unspecified atom stereocenters. The molecule has 0 spiro atoms. The molecule has 0 atom stereocenters. The zero-order valence-electron chi connectivity index (χ0n) is 11.8. The SMILES string of the molecule is CCOC(=O)c1nc(Nc2c(Br)cc(C)cc2Br)sc1C. The number of rotatable bonds is 4. The molecular formula is C14H14Br2N2O2S. The van der Waals surface area contributed by atoms with Crippen molar-refractivity contribution in [2.75, 3.05) is 11.9 Å². The van der Waals surface area contributed by atoms with E-state index in [9.17, 15) is 4.79 Å². The Morgan fingerprint density at radius 2 is 1.95 bits per heavy atom. The number of anilines is 2. The monoisotopic (exact) mass is 432 g/mol. The molecule has 0 bridgehead atoms. The quantitative estimate of drug-likeness (QED) is 0.672. The van der Waals surface area contributed by atoms with Crippen LogP contribution < -0.4 is 5.32 Å². The molecule has 1 aromatic heterocycles. The number of hydrogen-bond donors (Lipinski definition) is 1. The Morgan fingerprint density at radius 3 is 2.52 bits per heavy atom. The number of carbonyl (C=O) groups is 1. The van der Waals surface area contributed by atoms with E-state index >= 15 is 0 Å². The summed E-state index contributed by atoms with van der Waals surface area (Å²) in [5.74, 6) is -0.388. The molecule has 0 aliphatic carbocycles. The summed E-state index contributed by atoms with van der Waals surface area (Å²) in [7, 11) is 0. The van der Waals surface area contributed by atoms with Crippen LogP contribution >= 0.6 is 43.2 Å². The fourth-order valence-electron chi connectivity index (χ4n) is 1.76. The molecule has 0 saturated carbocycles. The Hall–Kier alpha value is -0.920. The maximum atomic E-state index is 11.8. The molecule has 0 fully saturated rings. The number of nitrogens with zero attached hydrogens (tertiary/aromatic N) is 1. The number of benzene rings is 1. The fourth-order valence-corrected chi connectivity index (χ4v) is 4.18. The summed E-state index contributed by atoms with van der Waals surface area (Å²) < 4.78 is 6.86. The summed E-state index contributed by atoms with van der Waals surface area (Å²) in [6.07, 6.45) is 0. The molecule has 4 nitrogen and oxygen atoms in total. The van der Waals surface area contributed by atoms with E-state index in [1.165, 1.54) is 11.3 Å². The molecular weight excluding hydrogens is 420 g/mol.